The van der Waals surface area contributed by atoms with E-state index in [1.165, 1.54) is 7.11 Å². The van der Waals surface area contributed by atoms with Crippen molar-refractivity contribution >= 4 is 23.1 Å². The Hall–Kier alpha value is -3.86. The second-order valence-electron chi connectivity index (χ2n) is 6.73. The average molecular weight is 384 g/mol. The lowest BCUT2D eigenvalue weighted by Gasteiger charge is -2.12. The summed E-state index contributed by atoms with van der Waals surface area (Å²) in [5.41, 5.74) is 3.20. The zero-order valence-corrected chi connectivity index (χ0v) is 16.2. The van der Waals surface area contributed by atoms with Crippen LogP contribution in [0.25, 0.3) is 28.7 Å². The number of ether oxygens (including phenoxy) is 1. The second kappa shape index (κ2) is 7.64. The molecule has 4 rings (SSSR count). The van der Waals surface area contributed by atoms with Crippen molar-refractivity contribution < 1.29 is 9.84 Å². The van der Waals surface area contributed by atoms with Crippen LogP contribution < -0.4 is 10.3 Å². The zero-order valence-electron chi connectivity index (χ0n) is 16.2. The van der Waals surface area contributed by atoms with Crippen LogP contribution in [-0.2, 0) is 0 Å². The number of para-hydroxylation sites is 1. The molecule has 0 amide bonds. The minimum Gasteiger partial charge on any atom is -0.504 e. The minimum absolute atomic E-state index is 0.0741. The van der Waals surface area contributed by atoms with Gasteiger partial charge in [-0.15, -0.1) is 0 Å². The molecule has 0 spiro atoms. The first-order valence-corrected chi connectivity index (χ1v) is 9.21. The maximum Gasteiger partial charge on any atom is 0.266 e. The van der Waals surface area contributed by atoms with E-state index in [0.29, 0.717) is 22.5 Å². The Morgan fingerprint density at radius 2 is 1.76 bits per heavy atom. The molecule has 1 N–H and O–H groups in total. The summed E-state index contributed by atoms with van der Waals surface area (Å²) in [4.78, 5) is 17.9. The van der Waals surface area contributed by atoms with Gasteiger partial charge in [-0.25, -0.2) is 4.98 Å². The molecule has 0 saturated heterocycles. The Kier molecular flexibility index (Phi) is 4.87. The number of hydrogen-bond donors (Lipinski definition) is 1. The number of aromatic hydroxyl groups is 1. The van der Waals surface area contributed by atoms with E-state index in [-0.39, 0.29) is 11.3 Å². The first kappa shape index (κ1) is 18.5. The highest BCUT2D eigenvalue weighted by molar-refractivity contribution is 5.80. The first-order valence-electron chi connectivity index (χ1n) is 9.21. The highest BCUT2D eigenvalue weighted by Crippen LogP contribution is 2.27. The van der Waals surface area contributed by atoms with E-state index in [4.69, 9.17) is 9.72 Å². The van der Waals surface area contributed by atoms with Crippen molar-refractivity contribution in [3.63, 3.8) is 0 Å². The predicted octanol–water partition coefficient (Wildman–Crippen LogP) is 4.58. The van der Waals surface area contributed by atoms with Gasteiger partial charge in [0, 0.05) is 0 Å². The van der Waals surface area contributed by atoms with Crippen molar-refractivity contribution in [1.82, 2.24) is 9.55 Å². The fourth-order valence-corrected chi connectivity index (χ4v) is 3.17. The van der Waals surface area contributed by atoms with Gasteiger partial charge in [-0.3, -0.25) is 9.36 Å². The molecule has 0 fully saturated rings. The molecule has 0 aliphatic carbocycles. The number of phenolic OH excluding ortho intramolecular Hbond substituents is 1. The van der Waals surface area contributed by atoms with Crippen LogP contribution in [0.5, 0.6) is 11.5 Å². The lowest BCUT2D eigenvalue weighted by Crippen LogP contribution is -2.22. The van der Waals surface area contributed by atoms with Crippen molar-refractivity contribution in [1.29, 1.82) is 0 Å². The third-order valence-electron chi connectivity index (χ3n) is 4.72. The van der Waals surface area contributed by atoms with E-state index in [0.717, 1.165) is 16.8 Å². The van der Waals surface area contributed by atoms with Crippen LogP contribution in [0.2, 0.25) is 0 Å². The summed E-state index contributed by atoms with van der Waals surface area (Å²) in [6.45, 7) is 2.00. The molecule has 29 heavy (non-hydrogen) atoms. The Morgan fingerprint density at radius 1 is 1.00 bits per heavy atom. The summed E-state index contributed by atoms with van der Waals surface area (Å²) in [5, 5.41) is 10.3. The minimum atomic E-state index is -0.123. The molecule has 0 saturated carbocycles. The van der Waals surface area contributed by atoms with Crippen LogP contribution in [0.3, 0.4) is 0 Å². The quantitative estimate of drug-likeness (QED) is 0.559. The van der Waals surface area contributed by atoms with E-state index in [9.17, 15) is 9.90 Å². The molecule has 0 radical (unpaired) electrons. The van der Waals surface area contributed by atoms with Crippen molar-refractivity contribution in [3.05, 3.63) is 94.0 Å². The predicted molar refractivity (Wildman–Crippen MR) is 116 cm³/mol. The zero-order chi connectivity index (χ0) is 20.4. The van der Waals surface area contributed by atoms with E-state index in [1.807, 2.05) is 55.5 Å². The van der Waals surface area contributed by atoms with E-state index in [2.05, 4.69) is 0 Å². The number of aromatic nitrogens is 2. The SMILES string of the molecule is COc1cc(C=Cc2nc3ccccc3c(=O)n2-c2ccc(C)cc2)ccc1O. The molecule has 144 valence electrons. The van der Waals surface area contributed by atoms with Gasteiger partial charge in [-0.05, 0) is 55.0 Å². The monoisotopic (exact) mass is 384 g/mol. The summed E-state index contributed by atoms with van der Waals surface area (Å²) >= 11 is 0. The van der Waals surface area contributed by atoms with Crippen LogP contribution in [0, 0.1) is 6.92 Å². The molecule has 0 aliphatic heterocycles. The third-order valence-corrected chi connectivity index (χ3v) is 4.72. The van der Waals surface area contributed by atoms with Crippen molar-refractivity contribution in [3.8, 4) is 17.2 Å². The lowest BCUT2D eigenvalue weighted by atomic mass is 10.1. The summed E-state index contributed by atoms with van der Waals surface area (Å²) in [6, 6.07) is 20.1. The maximum absolute atomic E-state index is 13.2. The maximum atomic E-state index is 13.2. The number of aryl methyl sites for hydroxylation is 1. The molecule has 3 aromatic carbocycles. The lowest BCUT2D eigenvalue weighted by molar-refractivity contribution is 0.373. The number of methoxy groups -OCH3 is 1. The summed E-state index contributed by atoms with van der Waals surface area (Å²) in [6.07, 6.45) is 3.63. The van der Waals surface area contributed by atoms with Crippen LogP contribution in [0.15, 0.2) is 71.5 Å². The van der Waals surface area contributed by atoms with Gasteiger partial charge in [0.25, 0.3) is 5.56 Å². The topological polar surface area (TPSA) is 64.3 Å². The van der Waals surface area contributed by atoms with Gasteiger partial charge in [0.1, 0.15) is 5.82 Å². The molecule has 0 atom stereocenters. The fraction of sp³-hybridized carbons (Fsp3) is 0.0833. The Morgan fingerprint density at radius 3 is 2.52 bits per heavy atom. The Labute approximate surface area is 168 Å². The molecule has 4 aromatic rings. The summed E-state index contributed by atoms with van der Waals surface area (Å²) in [7, 11) is 1.50. The van der Waals surface area contributed by atoms with Gasteiger partial charge < -0.3 is 9.84 Å². The average Bonchev–Trinajstić information content (AvgIpc) is 2.74. The molecule has 0 bridgehead atoms. The van der Waals surface area contributed by atoms with Crippen molar-refractivity contribution in [2.45, 2.75) is 6.92 Å². The highest BCUT2D eigenvalue weighted by atomic mass is 16.5. The Bertz CT molecular complexity index is 1270. The molecule has 1 heterocycles. The first-order chi connectivity index (χ1) is 14.1. The van der Waals surface area contributed by atoms with Gasteiger partial charge in [0.15, 0.2) is 11.5 Å². The molecule has 0 unspecified atom stereocenters. The van der Waals surface area contributed by atoms with Gasteiger partial charge in [0.05, 0.1) is 23.7 Å². The van der Waals surface area contributed by atoms with Gasteiger partial charge >= 0.3 is 0 Å². The van der Waals surface area contributed by atoms with Crippen LogP contribution in [0.1, 0.15) is 17.0 Å². The van der Waals surface area contributed by atoms with E-state index in [1.54, 1.807) is 34.9 Å². The van der Waals surface area contributed by atoms with Crippen LogP contribution >= 0.6 is 0 Å². The molecule has 5 nitrogen and oxygen atoms in total. The van der Waals surface area contributed by atoms with Crippen LogP contribution in [-0.4, -0.2) is 21.8 Å². The summed E-state index contributed by atoms with van der Waals surface area (Å²) < 4.78 is 6.77. The molecule has 1 aromatic heterocycles. The second-order valence-corrected chi connectivity index (χ2v) is 6.73. The number of phenols is 1. The van der Waals surface area contributed by atoms with Crippen molar-refractivity contribution in [2.75, 3.05) is 7.11 Å². The van der Waals surface area contributed by atoms with Crippen molar-refractivity contribution in [2.24, 2.45) is 0 Å². The number of hydrogen-bond acceptors (Lipinski definition) is 4. The smallest absolute Gasteiger partial charge is 0.266 e. The number of fused-ring (bicyclic) bond motifs is 1. The fourth-order valence-electron chi connectivity index (χ4n) is 3.17. The van der Waals surface area contributed by atoms with Gasteiger partial charge in [-0.2, -0.15) is 0 Å². The number of nitrogens with zero attached hydrogens (tertiary/aromatic N) is 2. The normalized spacial score (nSPS) is 11.2. The molecule has 5 heteroatoms. The highest BCUT2D eigenvalue weighted by Gasteiger charge is 2.11. The number of benzene rings is 3. The van der Waals surface area contributed by atoms with E-state index < -0.39 is 0 Å². The molecule has 0 aliphatic rings. The number of rotatable bonds is 4. The summed E-state index contributed by atoms with van der Waals surface area (Å²) in [5.74, 6) is 0.976. The third kappa shape index (κ3) is 3.62. The van der Waals surface area contributed by atoms with Gasteiger partial charge in [0.2, 0.25) is 0 Å². The molecular formula is C24H20N2O3. The van der Waals surface area contributed by atoms with E-state index >= 15 is 0 Å². The van der Waals surface area contributed by atoms with Gasteiger partial charge in [-0.1, -0.05) is 42.0 Å². The molecular weight excluding hydrogens is 364 g/mol. The van der Waals surface area contributed by atoms with Crippen LogP contribution in [0.4, 0.5) is 0 Å². The Balaban J connectivity index is 1.89. The largest absolute Gasteiger partial charge is 0.504 e. The standard InChI is InChI=1S/C24H20N2O3/c1-16-7-11-18(12-8-16)26-23(25-20-6-4-3-5-19(20)24(26)28)14-10-17-9-13-21(27)22(15-17)29-2/h3-15,27H,1-2H3.